The maximum absolute atomic E-state index is 12.1. The monoisotopic (exact) mass is 393 g/mol. The molecular formula is C19H23NO6S. The van der Waals surface area contributed by atoms with Crippen molar-refractivity contribution in [1.82, 2.24) is 4.72 Å². The van der Waals surface area contributed by atoms with E-state index in [0.717, 1.165) is 11.3 Å². The number of methoxy groups -OCH3 is 1. The summed E-state index contributed by atoms with van der Waals surface area (Å²) in [5.74, 6) is 2.75. The number of rotatable bonds is 10. The molecule has 0 unspecified atom stereocenters. The van der Waals surface area contributed by atoms with E-state index in [0.29, 0.717) is 43.2 Å². The highest BCUT2D eigenvalue weighted by atomic mass is 32.2. The average Bonchev–Trinajstić information content (AvgIpc) is 3.13. The predicted octanol–water partition coefficient (Wildman–Crippen LogP) is 2.35. The fourth-order valence-corrected chi connectivity index (χ4v) is 3.68. The molecule has 0 atom stereocenters. The number of hydrogen-bond donors (Lipinski definition) is 1. The molecule has 0 amide bonds. The van der Waals surface area contributed by atoms with Crippen molar-refractivity contribution >= 4 is 10.0 Å². The van der Waals surface area contributed by atoms with Crippen LogP contribution in [0.25, 0.3) is 0 Å². The van der Waals surface area contributed by atoms with E-state index in [4.69, 9.17) is 18.9 Å². The fraction of sp³-hybridized carbons (Fsp3) is 0.368. The largest absolute Gasteiger partial charge is 0.497 e. The summed E-state index contributed by atoms with van der Waals surface area (Å²) in [5.41, 5.74) is 1.05. The minimum Gasteiger partial charge on any atom is -0.497 e. The highest BCUT2D eigenvalue weighted by Gasteiger charge is 2.14. The Morgan fingerprint density at radius 3 is 2.56 bits per heavy atom. The van der Waals surface area contributed by atoms with Crippen LogP contribution in [0.5, 0.6) is 23.0 Å². The van der Waals surface area contributed by atoms with Crippen molar-refractivity contribution in [2.24, 2.45) is 0 Å². The lowest BCUT2D eigenvalue weighted by molar-refractivity contribution is 0.173. The van der Waals surface area contributed by atoms with Crippen LogP contribution in [0.2, 0.25) is 0 Å². The molecule has 1 aliphatic heterocycles. The SMILES string of the molecule is COc1ccc(CCNS(=O)(=O)CCCOc2ccc3c(c2)OCO3)cc1. The number of ether oxygens (including phenoxy) is 4. The van der Waals surface area contributed by atoms with Crippen LogP contribution in [0.4, 0.5) is 0 Å². The molecule has 1 aliphatic rings. The molecule has 3 rings (SSSR count). The molecule has 2 aromatic carbocycles. The Morgan fingerprint density at radius 1 is 1.04 bits per heavy atom. The molecule has 8 heteroatoms. The average molecular weight is 393 g/mol. The van der Waals surface area contributed by atoms with Gasteiger partial charge in [-0.2, -0.15) is 0 Å². The summed E-state index contributed by atoms with van der Waals surface area (Å²) in [4.78, 5) is 0. The summed E-state index contributed by atoms with van der Waals surface area (Å²) in [5, 5.41) is 0. The maximum Gasteiger partial charge on any atom is 0.231 e. The van der Waals surface area contributed by atoms with Crippen LogP contribution in [0, 0.1) is 0 Å². The molecular weight excluding hydrogens is 370 g/mol. The minimum atomic E-state index is -3.33. The van der Waals surface area contributed by atoms with E-state index in [-0.39, 0.29) is 12.5 Å². The standard InChI is InChI=1S/C19H23NO6S/c1-23-16-5-3-15(4-6-16)9-10-20-27(21,22)12-2-11-24-17-7-8-18-19(13-17)26-14-25-18/h3-8,13,20H,2,9-12,14H2,1H3. The zero-order chi connectivity index (χ0) is 19.1. The van der Waals surface area contributed by atoms with Crippen LogP contribution in [0.1, 0.15) is 12.0 Å². The lowest BCUT2D eigenvalue weighted by Crippen LogP contribution is -2.29. The number of fused-ring (bicyclic) bond motifs is 1. The molecule has 0 fully saturated rings. The van der Waals surface area contributed by atoms with Crippen LogP contribution in [0.15, 0.2) is 42.5 Å². The quantitative estimate of drug-likeness (QED) is 0.624. The third kappa shape index (κ3) is 5.77. The number of hydrogen-bond acceptors (Lipinski definition) is 6. The summed E-state index contributed by atoms with van der Waals surface area (Å²) in [6.07, 6.45) is 1.02. The van der Waals surface area contributed by atoms with E-state index in [1.807, 2.05) is 24.3 Å². The van der Waals surface area contributed by atoms with Crippen molar-refractivity contribution in [2.45, 2.75) is 12.8 Å². The molecule has 0 radical (unpaired) electrons. The Bertz CT molecular complexity index is 851. The summed E-state index contributed by atoms with van der Waals surface area (Å²) >= 11 is 0. The molecule has 7 nitrogen and oxygen atoms in total. The Hall–Kier alpha value is -2.45. The Balaban J connectivity index is 1.35. The zero-order valence-corrected chi connectivity index (χ0v) is 16.0. The van der Waals surface area contributed by atoms with E-state index in [9.17, 15) is 8.42 Å². The van der Waals surface area contributed by atoms with E-state index >= 15 is 0 Å². The van der Waals surface area contributed by atoms with Crippen LogP contribution >= 0.6 is 0 Å². The maximum atomic E-state index is 12.1. The van der Waals surface area contributed by atoms with Gasteiger partial charge in [0.15, 0.2) is 11.5 Å². The highest BCUT2D eigenvalue weighted by Crippen LogP contribution is 2.35. The smallest absolute Gasteiger partial charge is 0.231 e. The summed E-state index contributed by atoms with van der Waals surface area (Å²) in [6, 6.07) is 12.8. The van der Waals surface area contributed by atoms with Crippen molar-refractivity contribution in [3.8, 4) is 23.0 Å². The van der Waals surface area contributed by atoms with Gasteiger partial charge in [0, 0.05) is 12.6 Å². The van der Waals surface area contributed by atoms with Crippen molar-refractivity contribution in [3.63, 3.8) is 0 Å². The Morgan fingerprint density at radius 2 is 1.78 bits per heavy atom. The van der Waals surface area contributed by atoms with E-state index in [1.165, 1.54) is 0 Å². The van der Waals surface area contributed by atoms with Gasteiger partial charge < -0.3 is 18.9 Å². The van der Waals surface area contributed by atoms with Crippen LogP contribution < -0.4 is 23.7 Å². The van der Waals surface area contributed by atoms with E-state index in [2.05, 4.69) is 4.72 Å². The normalized spacial score (nSPS) is 12.8. The van der Waals surface area contributed by atoms with Gasteiger partial charge >= 0.3 is 0 Å². The molecule has 146 valence electrons. The number of nitrogens with one attached hydrogen (secondary N) is 1. The predicted molar refractivity (Wildman–Crippen MR) is 101 cm³/mol. The molecule has 0 spiro atoms. The lowest BCUT2D eigenvalue weighted by atomic mass is 10.1. The first-order chi connectivity index (χ1) is 13.1. The zero-order valence-electron chi connectivity index (χ0n) is 15.1. The van der Waals surface area contributed by atoms with Crippen LogP contribution in [-0.4, -0.2) is 41.2 Å². The Labute approximate surface area is 159 Å². The molecule has 0 aliphatic carbocycles. The third-order valence-electron chi connectivity index (χ3n) is 4.06. The molecule has 0 saturated heterocycles. The first-order valence-corrected chi connectivity index (χ1v) is 10.3. The molecule has 1 N–H and O–H groups in total. The van der Waals surface area contributed by atoms with Crippen molar-refractivity contribution in [2.75, 3.05) is 32.8 Å². The van der Waals surface area contributed by atoms with Crippen LogP contribution in [-0.2, 0) is 16.4 Å². The topological polar surface area (TPSA) is 83.1 Å². The highest BCUT2D eigenvalue weighted by molar-refractivity contribution is 7.89. The second-order valence-electron chi connectivity index (χ2n) is 6.03. The number of benzene rings is 2. The summed E-state index contributed by atoms with van der Waals surface area (Å²) in [7, 11) is -1.72. The van der Waals surface area contributed by atoms with Gasteiger partial charge in [-0.3, -0.25) is 0 Å². The van der Waals surface area contributed by atoms with E-state index in [1.54, 1.807) is 25.3 Å². The first-order valence-electron chi connectivity index (χ1n) is 8.68. The van der Waals surface area contributed by atoms with Crippen LogP contribution in [0.3, 0.4) is 0 Å². The summed E-state index contributed by atoms with van der Waals surface area (Å²) < 4.78 is 47.9. The van der Waals surface area contributed by atoms with Gasteiger partial charge in [0.05, 0.1) is 19.5 Å². The first kappa shape index (κ1) is 19.3. The Kier molecular flexibility index (Phi) is 6.41. The van der Waals surface area contributed by atoms with Crippen molar-refractivity contribution in [1.29, 1.82) is 0 Å². The summed E-state index contributed by atoms with van der Waals surface area (Å²) in [6.45, 7) is 0.871. The van der Waals surface area contributed by atoms with Gasteiger partial charge in [-0.1, -0.05) is 12.1 Å². The van der Waals surface area contributed by atoms with Crippen molar-refractivity contribution < 1.29 is 27.4 Å². The fourth-order valence-electron chi connectivity index (χ4n) is 2.62. The van der Waals surface area contributed by atoms with E-state index < -0.39 is 10.0 Å². The molecule has 0 bridgehead atoms. The lowest BCUT2D eigenvalue weighted by Gasteiger charge is -2.09. The molecule has 0 saturated carbocycles. The molecule has 0 aromatic heterocycles. The second-order valence-corrected chi connectivity index (χ2v) is 7.95. The molecule has 2 aromatic rings. The molecule has 27 heavy (non-hydrogen) atoms. The molecule has 1 heterocycles. The minimum absolute atomic E-state index is 0.0141. The van der Waals surface area contributed by atoms with Gasteiger partial charge in [-0.05, 0) is 42.7 Å². The van der Waals surface area contributed by atoms with Gasteiger partial charge in [0.2, 0.25) is 16.8 Å². The number of sulfonamides is 1. The van der Waals surface area contributed by atoms with Crippen molar-refractivity contribution in [3.05, 3.63) is 48.0 Å². The van der Waals surface area contributed by atoms with Gasteiger partial charge in [-0.25, -0.2) is 13.1 Å². The van der Waals surface area contributed by atoms with Gasteiger partial charge in [0.1, 0.15) is 11.5 Å². The second kappa shape index (κ2) is 8.96. The van der Waals surface area contributed by atoms with Gasteiger partial charge in [-0.15, -0.1) is 0 Å². The van der Waals surface area contributed by atoms with Gasteiger partial charge in [0.25, 0.3) is 0 Å². The third-order valence-corrected chi connectivity index (χ3v) is 5.53.